The van der Waals surface area contributed by atoms with Crippen LogP contribution in [-0.4, -0.2) is 41.6 Å². The van der Waals surface area contributed by atoms with Gasteiger partial charge in [-0.25, -0.2) is 4.99 Å². The highest BCUT2D eigenvalue weighted by Gasteiger charge is 2.32. The van der Waals surface area contributed by atoms with E-state index >= 15 is 0 Å². The van der Waals surface area contributed by atoms with Gasteiger partial charge in [-0.15, -0.1) is 12.4 Å². The van der Waals surface area contributed by atoms with Crippen LogP contribution in [0.4, 0.5) is 0 Å². The van der Waals surface area contributed by atoms with E-state index in [1.165, 1.54) is 5.06 Å². The predicted octanol–water partition coefficient (Wildman–Crippen LogP) is 3.39. The van der Waals surface area contributed by atoms with E-state index in [1.54, 1.807) is 24.3 Å². The SMILES string of the molecule is CC1(C)N=C(N)N=C(N)N1OCCCOc1ccc(/C=C/C(=O)c2ccccc2)cc1.Cl. The van der Waals surface area contributed by atoms with Crippen LogP contribution in [0.15, 0.2) is 70.7 Å². The topological polar surface area (TPSA) is 116 Å². The van der Waals surface area contributed by atoms with Gasteiger partial charge in [0.1, 0.15) is 5.75 Å². The highest BCUT2D eigenvalue weighted by molar-refractivity contribution is 6.06. The molecule has 0 bridgehead atoms. The summed E-state index contributed by atoms with van der Waals surface area (Å²) in [6.45, 7) is 4.53. The lowest BCUT2D eigenvalue weighted by Crippen LogP contribution is -2.53. The molecule has 0 unspecified atom stereocenters. The first-order valence-corrected chi connectivity index (χ1v) is 9.98. The van der Waals surface area contributed by atoms with Gasteiger partial charge in [-0.3, -0.25) is 9.63 Å². The summed E-state index contributed by atoms with van der Waals surface area (Å²) in [5.74, 6) is 1.02. The number of carbonyl (C=O) groups excluding carboxylic acids is 1. The quantitative estimate of drug-likeness (QED) is 0.339. The Kier molecular flexibility index (Phi) is 8.80. The molecule has 0 aromatic heterocycles. The number of hydrogen-bond donors (Lipinski definition) is 2. The van der Waals surface area contributed by atoms with Gasteiger partial charge in [-0.1, -0.05) is 48.5 Å². The molecule has 4 N–H and O–H groups in total. The Morgan fingerprint density at radius 3 is 2.41 bits per heavy atom. The molecule has 3 rings (SSSR count). The number of ether oxygens (including phenoxy) is 1. The minimum atomic E-state index is -0.720. The second-order valence-electron chi connectivity index (χ2n) is 7.40. The molecular weight excluding hydrogens is 430 g/mol. The molecule has 0 atom stereocenters. The Morgan fingerprint density at radius 2 is 1.75 bits per heavy atom. The van der Waals surface area contributed by atoms with E-state index in [0.29, 0.717) is 25.2 Å². The number of nitrogens with two attached hydrogens (primary N) is 2. The van der Waals surface area contributed by atoms with Crippen molar-refractivity contribution in [2.24, 2.45) is 21.5 Å². The van der Waals surface area contributed by atoms with Crippen molar-refractivity contribution in [1.29, 1.82) is 0 Å². The van der Waals surface area contributed by atoms with E-state index in [2.05, 4.69) is 9.98 Å². The predicted molar refractivity (Wildman–Crippen MR) is 129 cm³/mol. The average Bonchev–Trinajstić information content (AvgIpc) is 2.74. The van der Waals surface area contributed by atoms with Crippen molar-refractivity contribution in [2.45, 2.75) is 25.9 Å². The first-order chi connectivity index (χ1) is 14.8. The normalized spacial score (nSPS) is 15.0. The number of halogens is 1. The van der Waals surface area contributed by atoms with Crippen LogP contribution in [0.2, 0.25) is 0 Å². The van der Waals surface area contributed by atoms with E-state index in [9.17, 15) is 4.79 Å². The summed E-state index contributed by atoms with van der Waals surface area (Å²) < 4.78 is 5.74. The summed E-state index contributed by atoms with van der Waals surface area (Å²) in [5, 5.41) is 1.45. The van der Waals surface area contributed by atoms with Gasteiger partial charge in [0, 0.05) is 12.0 Å². The number of aliphatic imine (C=N–C) groups is 2. The first-order valence-electron chi connectivity index (χ1n) is 9.98. The van der Waals surface area contributed by atoms with Gasteiger partial charge < -0.3 is 16.2 Å². The van der Waals surface area contributed by atoms with E-state index in [4.69, 9.17) is 21.0 Å². The summed E-state index contributed by atoms with van der Waals surface area (Å²) in [6.07, 6.45) is 4.00. The number of rotatable bonds is 9. The minimum Gasteiger partial charge on any atom is -0.494 e. The monoisotopic (exact) mass is 457 g/mol. The van der Waals surface area contributed by atoms with Crippen molar-refractivity contribution in [1.82, 2.24) is 5.06 Å². The number of hydroxylamine groups is 2. The largest absolute Gasteiger partial charge is 0.494 e. The molecule has 8 nitrogen and oxygen atoms in total. The third-order valence-corrected chi connectivity index (χ3v) is 4.47. The zero-order valence-corrected chi connectivity index (χ0v) is 18.9. The Hall–Kier alpha value is -3.36. The molecular formula is C23H28ClN5O3. The van der Waals surface area contributed by atoms with Crippen LogP contribution >= 0.6 is 12.4 Å². The van der Waals surface area contributed by atoms with Crippen LogP contribution in [0.25, 0.3) is 6.08 Å². The van der Waals surface area contributed by atoms with Crippen LogP contribution in [0, 0.1) is 0 Å². The fraction of sp³-hybridized carbons (Fsp3) is 0.261. The van der Waals surface area contributed by atoms with E-state index < -0.39 is 5.66 Å². The molecule has 32 heavy (non-hydrogen) atoms. The molecule has 1 heterocycles. The molecule has 0 radical (unpaired) electrons. The summed E-state index contributed by atoms with van der Waals surface area (Å²) in [7, 11) is 0. The molecule has 0 amide bonds. The molecule has 2 aromatic carbocycles. The average molecular weight is 458 g/mol. The number of ketones is 1. The first kappa shape index (κ1) is 24.9. The van der Waals surface area contributed by atoms with Crippen molar-refractivity contribution in [3.63, 3.8) is 0 Å². The van der Waals surface area contributed by atoms with Gasteiger partial charge in [0.2, 0.25) is 11.9 Å². The lowest BCUT2D eigenvalue weighted by molar-refractivity contribution is -0.158. The summed E-state index contributed by atoms with van der Waals surface area (Å²) in [6, 6.07) is 16.7. The number of benzene rings is 2. The van der Waals surface area contributed by atoms with Crippen molar-refractivity contribution < 1.29 is 14.4 Å². The van der Waals surface area contributed by atoms with E-state index in [0.717, 1.165) is 11.3 Å². The van der Waals surface area contributed by atoms with Crippen LogP contribution in [0.3, 0.4) is 0 Å². The van der Waals surface area contributed by atoms with Gasteiger partial charge in [0.25, 0.3) is 0 Å². The molecule has 1 aliphatic heterocycles. The van der Waals surface area contributed by atoms with E-state index in [-0.39, 0.29) is 30.1 Å². The molecule has 0 fully saturated rings. The van der Waals surface area contributed by atoms with Gasteiger partial charge in [0.05, 0.1) is 13.2 Å². The molecule has 0 saturated carbocycles. The Bertz CT molecular complexity index is 988. The zero-order chi connectivity index (χ0) is 22.3. The van der Waals surface area contributed by atoms with Crippen molar-refractivity contribution in [2.75, 3.05) is 13.2 Å². The highest BCUT2D eigenvalue weighted by Crippen LogP contribution is 2.20. The molecule has 1 aliphatic rings. The van der Waals surface area contributed by atoms with Crippen LogP contribution in [0.5, 0.6) is 5.75 Å². The maximum atomic E-state index is 12.1. The summed E-state index contributed by atoms with van der Waals surface area (Å²) >= 11 is 0. The van der Waals surface area contributed by atoms with Crippen molar-refractivity contribution >= 4 is 36.2 Å². The zero-order valence-electron chi connectivity index (χ0n) is 18.1. The van der Waals surface area contributed by atoms with E-state index in [1.807, 2.05) is 56.3 Å². The molecule has 0 saturated heterocycles. The maximum absolute atomic E-state index is 12.1. The molecule has 9 heteroatoms. The Balaban J connectivity index is 0.00000363. The maximum Gasteiger partial charge on any atom is 0.226 e. The van der Waals surface area contributed by atoms with Crippen LogP contribution in [0.1, 0.15) is 36.2 Å². The second kappa shape index (κ2) is 11.3. The molecule has 0 aliphatic carbocycles. The standard InChI is InChI=1S/C23H27N5O3.ClH/c1-23(2)27-21(24)26-22(25)28(23)31-16-6-15-30-19-12-9-17(10-13-19)11-14-20(29)18-7-4-3-5-8-18;/h3-5,7-14H,6,15-16H2,1-2H3,(H4,24,25,26,27);1H/b14-11+;. The fourth-order valence-corrected chi connectivity index (χ4v) is 2.97. The molecule has 170 valence electrons. The van der Waals surface area contributed by atoms with Crippen molar-refractivity contribution in [3.05, 3.63) is 71.8 Å². The summed E-state index contributed by atoms with van der Waals surface area (Å²) in [4.78, 5) is 26.0. The lowest BCUT2D eigenvalue weighted by atomic mass is 10.1. The molecule has 0 spiro atoms. The molecule has 2 aromatic rings. The number of guanidine groups is 2. The smallest absolute Gasteiger partial charge is 0.226 e. The third-order valence-electron chi connectivity index (χ3n) is 4.47. The number of hydrogen-bond acceptors (Lipinski definition) is 8. The van der Waals surface area contributed by atoms with Gasteiger partial charge in [-0.05, 0) is 37.6 Å². The second-order valence-corrected chi connectivity index (χ2v) is 7.40. The Labute approximate surface area is 194 Å². The van der Waals surface area contributed by atoms with Gasteiger partial charge in [-0.2, -0.15) is 10.1 Å². The third kappa shape index (κ3) is 6.83. The number of carbonyl (C=O) groups is 1. The minimum absolute atomic E-state index is 0. The van der Waals surface area contributed by atoms with Crippen molar-refractivity contribution in [3.8, 4) is 5.75 Å². The summed E-state index contributed by atoms with van der Waals surface area (Å²) in [5.41, 5.74) is 12.4. The van der Waals surface area contributed by atoms with Gasteiger partial charge >= 0.3 is 0 Å². The van der Waals surface area contributed by atoms with Gasteiger partial charge in [0.15, 0.2) is 11.4 Å². The fourth-order valence-electron chi connectivity index (χ4n) is 2.97. The Morgan fingerprint density at radius 1 is 1.06 bits per heavy atom. The number of nitrogens with zero attached hydrogens (tertiary/aromatic N) is 3. The van der Waals surface area contributed by atoms with Crippen LogP contribution < -0.4 is 16.2 Å². The number of allylic oxidation sites excluding steroid dienone is 1. The highest BCUT2D eigenvalue weighted by atomic mass is 35.5. The lowest BCUT2D eigenvalue weighted by Gasteiger charge is -2.36. The van der Waals surface area contributed by atoms with Crippen LogP contribution in [-0.2, 0) is 4.84 Å².